The summed E-state index contributed by atoms with van der Waals surface area (Å²) in [6.07, 6.45) is -0.242. The summed E-state index contributed by atoms with van der Waals surface area (Å²) in [6.45, 7) is 5.61. The molecule has 12 nitrogen and oxygen atoms in total. The van der Waals surface area contributed by atoms with Crippen molar-refractivity contribution in [2.75, 3.05) is 27.9 Å². The van der Waals surface area contributed by atoms with Gasteiger partial charge in [0.15, 0.2) is 23.1 Å². The smallest absolute Gasteiger partial charge is 0.333 e. The Bertz CT molecular complexity index is 1540. The van der Waals surface area contributed by atoms with Gasteiger partial charge in [-0.2, -0.15) is 0 Å². The number of aliphatic hydroxyl groups is 1. The zero-order chi connectivity index (χ0) is 30.9. The maximum absolute atomic E-state index is 14.2. The third-order valence-electron chi connectivity index (χ3n) is 9.01. The molecule has 12 heteroatoms. The molecule has 5 aliphatic rings. The lowest BCUT2D eigenvalue weighted by Gasteiger charge is -2.58. The molecule has 2 aliphatic carbocycles. The molecule has 5 atom stereocenters. The first kappa shape index (κ1) is 29.3. The number of esters is 1. The summed E-state index contributed by atoms with van der Waals surface area (Å²) >= 11 is 0. The number of likely N-dealkylation sites (N-methyl/N-ethyl adjacent to an activating group) is 1. The van der Waals surface area contributed by atoms with E-state index < -0.39 is 71.9 Å². The second kappa shape index (κ2) is 10.3. The van der Waals surface area contributed by atoms with E-state index in [1.165, 1.54) is 37.9 Å². The molecule has 2 bridgehead atoms. The maximum atomic E-state index is 14.2. The van der Waals surface area contributed by atoms with Crippen LogP contribution in [0.15, 0.2) is 56.6 Å². The lowest BCUT2D eigenvalue weighted by atomic mass is 9.68. The first-order valence-corrected chi connectivity index (χ1v) is 13.5. The quantitative estimate of drug-likeness (QED) is 0.270. The summed E-state index contributed by atoms with van der Waals surface area (Å²) in [4.78, 5) is 84.3. The van der Waals surface area contributed by atoms with Crippen LogP contribution < -0.4 is 0 Å². The van der Waals surface area contributed by atoms with Crippen molar-refractivity contribution in [3.8, 4) is 0 Å². The van der Waals surface area contributed by atoms with E-state index in [0.717, 1.165) is 0 Å². The predicted molar refractivity (Wildman–Crippen MR) is 144 cm³/mol. The van der Waals surface area contributed by atoms with Gasteiger partial charge in [0.2, 0.25) is 17.5 Å². The average molecular weight is 581 g/mol. The van der Waals surface area contributed by atoms with E-state index in [1.54, 1.807) is 27.0 Å². The highest BCUT2D eigenvalue weighted by molar-refractivity contribution is 6.27. The molecule has 0 spiro atoms. The van der Waals surface area contributed by atoms with Crippen LogP contribution in [-0.2, 0) is 43.0 Å². The van der Waals surface area contributed by atoms with E-state index in [1.807, 2.05) is 0 Å². The van der Waals surface area contributed by atoms with Crippen molar-refractivity contribution < 1.29 is 48.1 Å². The molecule has 222 valence electrons. The van der Waals surface area contributed by atoms with Gasteiger partial charge in [-0.3, -0.25) is 28.9 Å². The molecular formula is C30H32N2O10. The number of allylic oxidation sites excluding steroid dienone is 5. The van der Waals surface area contributed by atoms with Crippen LogP contribution in [0, 0.1) is 0 Å². The number of fused-ring (bicyclic) bond motifs is 5. The Labute approximate surface area is 241 Å². The lowest BCUT2D eigenvalue weighted by molar-refractivity contribution is -0.164. The molecule has 1 fully saturated rings. The number of aliphatic hydroxyl groups excluding tert-OH is 1. The van der Waals surface area contributed by atoms with Gasteiger partial charge in [-0.05, 0) is 41.2 Å². The van der Waals surface area contributed by atoms with Crippen LogP contribution in [0.1, 0.15) is 34.1 Å². The van der Waals surface area contributed by atoms with Gasteiger partial charge in [0.05, 0.1) is 32.3 Å². The molecule has 42 heavy (non-hydrogen) atoms. The number of hydrogen-bond donors (Lipinski definition) is 1. The van der Waals surface area contributed by atoms with Gasteiger partial charge < -0.3 is 24.2 Å². The molecule has 3 heterocycles. The van der Waals surface area contributed by atoms with Gasteiger partial charge in [0, 0.05) is 39.0 Å². The van der Waals surface area contributed by atoms with E-state index in [-0.39, 0.29) is 51.4 Å². The molecule has 0 aromatic heterocycles. The number of methoxy groups -OCH3 is 2. The highest BCUT2D eigenvalue weighted by atomic mass is 16.5. The van der Waals surface area contributed by atoms with Crippen molar-refractivity contribution in [1.29, 1.82) is 0 Å². The summed E-state index contributed by atoms with van der Waals surface area (Å²) in [6, 6.07) is -4.38. The third-order valence-corrected chi connectivity index (χ3v) is 9.01. The number of ketones is 4. The molecule has 0 saturated carbocycles. The Morgan fingerprint density at radius 2 is 1.48 bits per heavy atom. The van der Waals surface area contributed by atoms with Crippen molar-refractivity contribution in [1.82, 2.24) is 9.80 Å². The Morgan fingerprint density at radius 1 is 0.905 bits per heavy atom. The lowest BCUT2D eigenvalue weighted by Crippen LogP contribution is -2.75. The fourth-order valence-corrected chi connectivity index (χ4v) is 6.85. The van der Waals surface area contributed by atoms with Crippen LogP contribution >= 0.6 is 0 Å². The highest BCUT2D eigenvalue weighted by Gasteiger charge is 2.62. The van der Waals surface area contributed by atoms with Crippen LogP contribution in [-0.4, -0.2) is 108 Å². The SMILES string of the molecule is C/C=C(/C)C(=O)OC[C@H]1C2=C(C[C@H]3[C@@H]4C5=C(C(=O)C(C)=C(OC)C5=O)[C@H](O)[C@H](C(=O)N13)N4C)C(=O)C(C)=C(OC)C2=O. The fourth-order valence-electron chi connectivity index (χ4n) is 6.85. The van der Waals surface area contributed by atoms with Gasteiger partial charge in [0.25, 0.3) is 0 Å². The number of amides is 1. The van der Waals surface area contributed by atoms with E-state index in [2.05, 4.69) is 0 Å². The first-order chi connectivity index (χ1) is 19.8. The Hall–Kier alpha value is -4.16. The number of carbonyl (C=O) groups is 6. The van der Waals surface area contributed by atoms with Gasteiger partial charge >= 0.3 is 5.97 Å². The van der Waals surface area contributed by atoms with Gasteiger partial charge in [-0.1, -0.05) is 6.08 Å². The average Bonchev–Trinajstić information content (AvgIpc) is 2.96. The van der Waals surface area contributed by atoms with Crippen LogP contribution in [0.2, 0.25) is 0 Å². The molecule has 0 aromatic carbocycles. The van der Waals surface area contributed by atoms with Crippen molar-refractivity contribution in [3.05, 3.63) is 56.6 Å². The largest absolute Gasteiger partial charge is 0.492 e. The number of carbonyl (C=O) groups excluding carboxylic acids is 6. The minimum absolute atomic E-state index is 0.0194. The molecule has 3 aliphatic heterocycles. The minimum Gasteiger partial charge on any atom is -0.492 e. The molecule has 5 rings (SSSR count). The Kier molecular flexibility index (Phi) is 7.18. The van der Waals surface area contributed by atoms with E-state index in [9.17, 15) is 33.9 Å². The van der Waals surface area contributed by atoms with Crippen molar-refractivity contribution in [2.45, 2.75) is 64.4 Å². The summed E-state index contributed by atoms with van der Waals surface area (Å²) in [5, 5.41) is 11.4. The van der Waals surface area contributed by atoms with Crippen LogP contribution in [0.25, 0.3) is 0 Å². The fraction of sp³-hybridized carbons (Fsp3) is 0.467. The molecular weight excluding hydrogens is 548 g/mol. The number of piperazine rings is 1. The monoisotopic (exact) mass is 580 g/mol. The third kappa shape index (κ3) is 3.81. The zero-order valence-corrected chi connectivity index (χ0v) is 24.4. The van der Waals surface area contributed by atoms with Crippen LogP contribution in [0.5, 0.6) is 0 Å². The molecule has 0 unspecified atom stereocenters. The van der Waals surface area contributed by atoms with Crippen LogP contribution in [0.3, 0.4) is 0 Å². The van der Waals surface area contributed by atoms with E-state index in [0.29, 0.717) is 5.57 Å². The predicted octanol–water partition coefficient (Wildman–Crippen LogP) is 0.260. The second-order valence-electron chi connectivity index (χ2n) is 11.0. The van der Waals surface area contributed by atoms with Crippen molar-refractivity contribution >= 4 is 35.0 Å². The van der Waals surface area contributed by atoms with E-state index >= 15 is 0 Å². The number of rotatable bonds is 5. The van der Waals surface area contributed by atoms with Crippen molar-refractivity contribution in [2.24, 2.45) is 0 Å². The summed E-state index contributed by atoms with van der Waals surface area (Å²) in [5.41, 5.74) is 0.281. The van der Waals surface area contributed by atoms with Gasteiger partial charge in [-0.25, -0.2) is 4.79 Å². The minimum atomic E-state index is -1.66. The standard InChI is InChI=1S/C30H32N2O10/c1-8-11(2)30(39)42-10-16-17-14(22(33)12(3)27(40-6)25(17)36)9-15-20-18-19(23(34)13(4)28(41-7)26(18)37)24(35)21(31(20)5)29(38)32(15)16/h8,15-16,20-21,24,35H,9-10H2,1-7H3/b11-8-/t15-,16-,20+,21+,24-/m0/s1. The number of ether oxygens (including phenoxy) is 3. The summed E-state index contributed by atoms with van der Waals surface area (Å²) in [5.74, 6) is -3.97. The van der Waals surface area contributed by atoms with Gasteiger partial charge in [0.1, 0.15) is 18.8 Å². The Balaban J connectivity index is 1.71. The normalized spacial score (nSPS) is 30.1. The van der Waals surface area contributed by atoms with E-state index in [4.69, 9.17) is 14.2 Å². The van der Waals surface area contributed by atoms with Crippen LogP contribution in [0.4, 0.5) is 0 Å². The number of hydrogen-bond acceptors (Lipinski definition) is 11. The number of nitrogens with zero attached hydrogens (tertiary/aromatic N) is 2. The number of Topliss-reactive ketones (excluding diaryl/α,β-unsaturated/α-hetero) is 4. The Morgan fingerprint density at radius 3 is 2.05 bits per heavy atom. The molecule has 0 radical (unpaired) electrons. The van der Waals surface area contributed by atoms with Gasteiger partial charge in [-0.15, -0.1) is 0 Å². The highest BCUT2D eigenvalue weighted by Crippen LogP contribution is 2.47. The second-order valence-corrected chi connectivity index (χ2v) is 11.0. The molecule has 1 N–H and O–H groups in total. The maximum Gasteiger partial charge on any atom is 0.333 e. The first-order valence-electron chi connectivity index (χ1n) is 13.5. The molecule has 1 amide bonds. The molecule has 0 aromatic rings. The van der Waals surface area contributed by atoms with Crippen molar-refractivity contribution in [3.63, 3.8) is 0 Å². The summed E-state index contributed by atoms with van der Waals surface area (Å²) in [7, 11) is 4.08. The summed E-state index contributed by atoms with van der Waals surface area (Å²) < 4.78 is 16.1. The molecule has 1 saturated heterocycles. The topological polar surface area (TPSA) is 157 Å². The zero-order valence-electron chi connectivity index (χ0n) is 24.4.